The zero-order chi connectivity index (χ0) is 12.3. The third-order valence-electron chi connectivity index (χ3n) is 2.82. The van der Waals surface area contributed by atoms with Crippen molar-refractivity contribution >= 4 is 16.9 Å². The summed E-state index contributed by atoms with van der Waals surface area (Å²) in [6, 6.07) is 8.28. The summed E-state index contributed by atoms with van der Waals surface area (Å²) in [4.78, 5) is 14.4. The molecule has 0 aliphatic rings. The van der Waals surface area contributed by atoms with Gasteiger partial charge in [0.2, 0.25) is 0 Å². The molecular weight excluding hydrogens is 214 g/mol. The topological polar surface area (TPSA) is 56.9 Å². The molecule has 2 aromatic rings. The van der Waals surface area contributed by atoms with Crippen LogP contribution in [0, 0.1) is 0 Å². The van der Waals surface area contributed by atoms with Crippen LogP contribution in [0.5, 0.6) is 0 Å². The second-order valence-corrected chi connectivity index (χ2v) is 4.00. The van der Waals surface area contributed by atoms with Gasteiger partial charge in [0.25, 0.3) is 0 Å². The van der Waals surface area contributed by atoms with Gasteiger partial charge in [-0.25, -0.2) is 4.79 Å². The predicted molar refractivity (Wildman–Crippen MR) is 69.0 cm³/mol. The summed E-state index contributed by atoms with van der Waals surface area (Å²) in [5.74, 6) is 0. The molecule has 0 spiro atoms. The van der Waals surface area contributed by atoms with Gasteiger partial charge in [0, 0.05) is 18.3 Å². The van der Waals surface area contributed by atoms with Gasteiger partial charge in [0.05, 0.1) is 6.54 Å². The Bertz CT molecular complexity index is 530. The molecular formula is C13H17N3O. The summed E-state index contributed by atoms with van der Waals surface area (Å²) in [5, 5.41) is 6.46. The first-order chi connectivity index (χ1) is 8.22. The van der Waals surface area contributed by atoms with Gasteiger partial charge in [-0.05, 0) is 29.5 Å². The number of nitrogens with one attached hydrogen (secondary N) is 3. The summed E-state index contributed by atoms with van der Waals surface area (Å²) >= 11 is 0. The smallest absolute Gasteiger partial charge is 0.314 e. The Labute approximate surface area is 100 Å². The first-order valence-corrected chi connectivity index (χ1v) is 5.79. The molecule has 0 aliphatic carbocycles. The monoisotopic (exact) mass is 231 g/mol. The molecule has 2 rings (SSSR count). The van der Waals surface area contributed by atoms with Crippen molar-refractivity contribution in [3.8, 4) is 0 Å². The number of rotatable bonds is 3. The number of aryl methyl sites for hydroxylation is 1. The van der Waals surface area contributed by atoms with E-state index in [1.165, 1.54) is 10.9 Å². The van der Waals surface area contributed by atoms with Gasteiger partial charge in [-0.2, -0.15) is 0 Å². The van der Waals surface area contributed by atoms with E-state index in [0.717, 1.165) is 17.6 Å². The largest absolute Gasteiger partial charge is 0.357 e. The van der Waals surface area contributed by atoms with E-state index in [1.807, 2.05) is 0 Å². The van der Waals surface area contributed by atoms with Crippen molar-refractivity contribution in [3.05, 3.63) is 35.5 Å². The maximum Gasteiger partial charge on any atom is 0.314 e. The molecule has 0 unspecified atom stereocenters. The molecule has 0 saturated carbocycles. The maximum absolute atomic E-state index is 11.1. The Morgan fingerprint density at radius 1 is 1.35 bits per heavy atom. The fourth-order valence-corrected chi connectivity index (χ4v) is 1.81. The van der Waals surface area contributed by atoms with Gasteiger partial charge < -0.3 is 15.6 Å². The van der Waals surface area contributed by atoms with E-state index in [4.69, 9.17) is 0 Å². The Morgan fingerprint density at radius 2 is 2.18 bits per heavy atom. The highest BCUT2D eigenvalue weighted by Crippen LogP contribution is 2.17. The number of aromatic amines is 1. The van der Waals surface area contributed by atoms with Crippen LogP contribution >= 0.6 is 0 Å². The number of hydrogen-bond acceptors (Lipinski definition) is 1. The minimum Gasteiger partial charge on any atom is -0.357 e. The maximum atomic E-state index is 11.1. The standard InChI is InChI=1S/C13H17N3O/c1-3-9-4-5-10-7-11(16-12(10)6-9)8-15-13(17)14-2/h4-7,16H,3,8H2,1-2H3,(H2,14,15,17). The van der Waals surface area contributed by atoms with Crippen LogP contribution in [-0.4, -0.2) is 18.1 Å². The molecule has 90 valence electrons. The lowest BCUT2D eigenvalue weighted by Crippen LogP contribution is -2.32. The molecule has 2 amide bonds. The molecule has 0 aliphatic heterocycles. The van der Waals surface area contributed by atoms with Crippen LogP contribution in [-0.2, 0) is 13.0 Å². The number of carbonyl (C=O) groups is 1. The van der Waals surface area contributed by atoms with Crippen LogP contribution in [0.15, 0.2) is 24.3 Å². The van der Waals surface area contributed by atoms with Crippen LogP contribution in [0.4, 0.5) is 4.79 Å². The number of urea groups is 1. The SMILES string of the molecule is CCc1ccc2cc(CNC(=O)NC)[nH]c2c1. The fourth-order valence-electron chi connectivity index (χ4n) is 1.81. The van der Waals surface area contributed by atoms with E-state index in [-0.39, 0.29) is 6.03 Å². The molecule has 0 saturated heterocycles. The van der Waals surface area contributed by atoms with Gasteiger partial charge in [0.15, 0.2) is 0 Å². The zero-order valence-electron chi connectivity index (χ0n) is 10.1. The molecule has 3 N–H and O–H groups in total. The van der Waals surface area contributed by atoms with Crippen LogP contribution in [0.3, 0.4) is 0 Å². The molecule has 0 atom stereocenters. The third-order valence-corrected chi connectivity index (χ3v) is 2.82. The second kappa shape index (κ2) is 4.91. The molecule has 1 aromatic heterocycles. The van der Waals surface area contributed by atoms with Gasteiger partial charge in [0.1, 0.15) is 0 Å². The molecule has 17 heavy (non-hydrogen) atoms. The quantitative estimate of drug-likeness (QED) is 0.745. The van der Waals surface area contributed by atoms with Crippen LogP contribution in [0.1, 0.15) is 18.2 Å². The summed E-state index contributed by atoms with van der Waals surface area (Å²) in [7, 11) is 1.61. The summed E-state index contributed by atoms with van der Waals surface area (Å²) in [6.45, 7) is 2.65. The Morgan fingerprint density at radius 3 is 2.88 bits per heavy atom. The van der Waals surface area contributed by atoms with Crippen molar-refractivity contribution in [2.45, 2.75) is 19.9 Å². The Balaban J connectivity index is 2.17. The number of amides is 2. The van der Waals surface area contributed by atoms with Gasteiger partial charge in [-0.1, -0.05) is 19.1 Å². The van der Waals surface area contributed by atoms with Crippen molar-refractivity contribution in [2.75, 3.05) is 7.05 Å². The third kappa shape index (κ3) is 2.58. The first kappa shape index (κ1) is 11.5. The Kier molecular flexibility index (Phi) is 3.32. The van der Waals surface area contributed by atoms with Gasteiger partial charge in [-0.15, -0.1) is 0 Å². The number of aromatic nitrogens is 1. The lowest BCUT2D eigenvalue weighted by Gasteiger charge is -2.01. The average molecular weight is 231 g/mol. The van der Waals surface area contributed by atoms with Crippen molar-refractivity contribution in [1.29, 1.82) is 0 Å². The van der Waals surface area contributed by atoms with Gasteiger partial charge in [-0.3, -0.25) is 0 Å². The molecule has 1 heterocycles. The molecule has 4 nitrogen and oxygen atoms in total. The van der Waals surface area contributed by atoms with E-state index in [2.05, 4.69) is 46.8 Å². The van der Waals surface area contributed by atoms with E-state index >= 15 is 0 Å². The highest BCUT2D eigenvalue weighted by molar-refractivity contribution is 5.81. The molecule has 0 fully saturated rings. The summed E-state index contributed by atoms with van der Waals surface area (Å²) in [6.07, 6.45) is 1.03. The molecule has 1 aromatic carbocycles. The van der Waals surface area contributed by atoms with Crippen LogP contribution < -0.4 is 10.6 Å². The van der Waals surface area contributed by atoms with Crippen LogP contribution in [0.25, 0.3) is 10.9 Å². The van der Waals surface area contributed by atoms with E-state index in [9.17, 15) is 4.79 Å². The lowest BCUT2D eigenvalue weighted by atomic mass is 10.1. The second-order valence-electron chi connectivity index (χ2n) is 4.00. The number of benzene rings is 1. The van der Waals surface area contributed by atoms with E-state index in [1.54, 1.807) is 7.05 Å². The molecule has 0 bridgehead atoms. The molecule has 4 heteroatoms. The number of fused-ring (bicyclic) bond motifs is 1. The summed E-state index contributed by atoms with van der Waals surface area (Å²) < 4.78 is 0. The van der Waals surface area contributed by atoms with Crippen molar-refractivity contribution in [3.63, 3.8) is 0 Å². The minimum atomic E-state index is -0.169. The average Bonchev–Trinajstić information content (AvgIpc) is 2.77. The molecule has 0 radical (unpaired) electrons. The zero-order valence-corrected chi connectivity index (χ0v) is 10.1. The van der Waals surface area contributed by atoms with Crippen LogP contribution in [0.2, 0.25) is 0 Å². The number of carbonyl (C=O) groups excluding carboxylic acids is 1. The van der Waals surface area contributed by atoms with E-state index in [0.29, 0.717) is 6.54 Å². The van der Waals surface area contributed by atoms with Crippen molar-refractivity contribution in [1.82, 2.24) is 15.6 Å². The fraction of sp³-hybridized carbons (Fsp3) is 0.308. The minimum absolute atomic E-state index is 0.169. The lowest BCUT2D eigenvalue weighted by molar-refractivity contribution is 0.242. The highest BCUT2D eigenvalue weighted by Gasteiger charge is 2.02. The van der Waals surface area contributed by atoms with Gasteiger partial charge >= 0.3 is 6.03 Å². The number of H-pyrrole nitrogens is 1. The number of hydrogen-bond donors (Lipinski definition) is 3. The Hall–Kier alpha value is -1.97. The van der Waals surface area contributed by atoms with Crippen molar-refractivity contribution < 1.29 is 4.79 Å². The normalized spacial score (nSPS) is 10.5. The summed E-state index contributed by atoms with van der Waals surface area (Å²) in [5.41, 5.74) is 3.44. The predicted octanol–water partition coefficient (Wildman–Crippen LogP) is 2.16. The first-order valence-electron chi connectivity index (χ1n) is 5.79. The highest BCUT2D eigenvalue weighted by atomic mass is 16.2. The van der Waals surface area contributed by atoms with Crippen molar-refractivity contribution in [2.24, 2.45) is 0 Å². The van der Waals surface area contributed by atoms with E-state index < -0.39 is 0 Å².